The lowest BCUT2D eigenvalue weighted by molar-refractivity contribution is -0.384. The number of ether oxygens (including phenoxy) is 2. The second kappa shape index (κ2) is 10.6. The lowest BCUT2D eigenvalue weighted by atomic mass is 10.1. The van der Waals surface area contributed by atoms with E-state index in [0.717, 1.165) is 4.90 Å². The van der Waals surface area contributed by atoms with Gasteiger partial charge in [-0.25, -0.2) is 0 Å². The highest BCUT2D eigenvalue weighted by Gasteiger charge is 2.35. The lowest BCUT2D eigenvalue weighted by Gasteiger charge is -2.29. The van der Waals surface area contributed by atoms with Crippen LogP contribution in [-0.2, 0) is 9.59 Å². The van der Waals surface area contributed by atoms with Crippen LogP contribution in [0.5, 0.6) is 17.2 Å². The highest BCUT2D eigenvalue weighted by Crippen LogP contribution is 2.30. The van der Waals surface area contributed by atoms with Gasteiger partial charge in [-0.05, 0) is 60.8 Å². The van der Waals surface area contributed by atoms with E-state index in [0.29, 0.717) is 17.2 Å². The Morgan fingerprint density at radius 2 is 1.72 bits per heavy atom. The van der Waals surface area contributed by atoms with Gasteiger partial charge in [0.15, 0.2) is 5.11 Å². The summed E-state index contributed by atoms with van der Waals surface area (Å²) in [6.45, 7) is 3.70. The molecule has 0 atom stereocenters. The van der Waals surface area contributed by atoms with Gasteiger partial charge in [0.05, 0.1) is 10.6 Å². The van der Waals surface area contributed by atoms with Gasteiger partial charge >= 0.3 is 0 Å². The Bertz CT molecular complexity index is 1390. The van der Waals surface area contributed by atoms with Gasteiger partial charge < -0.3 is 9.47 Å². The number of rotatable bonds is 8. The molecule has 10 heteroatoms. The van der Waals surface area contributed by atoms with Crippen LogP contribution in [0, 0.1) is 10.1 Å². The number of non-ortho nitro benzene ring substituents is 1. The first-order valence-corrected chi connectivity index (χ1v) is 11.0. The Morgan fingerprint density at radius 3 is 2.39 bits per heavy atom. The van der Waals surface area contributed by atoms with Gasteiger partial charge in [0.1, 0.15) is 29.4 Å². The highest BCUT2D eigenvalue weighted by molar-refractivity contribution is 7.80. The van der Waals surface area contributed by atoms with Crippen molar-refractivity contribution in [2.75, 3.05) is 11.5 Å². The molecule has 180 valence electrons. The van der Waals surface area contributed by atoms with E-state index in [4.69, 9.17) is 21.7 Å². The number of nitrogens with one attached hydrogen (secondary N) is 1. The van der Waals surface area contributed by atoms with Crippen molar-refractivity contribution < 1.29 is 24.0 Å². The molecule has 2 amide bonds. The zero-order chi connectivity index (χ0) is 25.7. The first-order valence-electron chi connectivity index (χ1n) is 10.6. The van der Waals surface area contributed by atoms with E-state index in [1.807, 2.05) is 30.3 Å². The number of para-hydroxylation sites is 1. The van der Waals surface area contributed by atoms with Crippen molar-refractivity contribution in [2.24, 2.45) is 0 Å². The van der Waals surface area contributed by atoms with Crippen molar-refractivity contribution in [3.8, 4) is 17.2 Å². The number of nitro benzene ring substituents is 1. The van der Waals surface area contributed by atoms with Crippen molar-refractivity contribution in [2.45, 2.75) is 0 Å². The van der Waals surface area contributed by atoms with Gasteiger partial charge in [-0.1, -0.05) is 30.9 Å². The monoisotopic (exact) mass is 501 g/mol. The molecular formula is C26H19N3O6S. The van der Waals surface area contributed by atoms with Crippen LogP contribution in [0.25, 0.3) is 6.08 Å². The average Bonchev–Trinajstić information content (AvgIpc) is 2.87. The van der Waals surface area contributed by atoms with Crippen LogP contribution in [0.2, 0.25) is 0 Å². The third-order valence-corrected chi connectivity index (χ3v) is 5.32. The maximum Gasteiger partial charge on any atom is 0.270 e. The maximum absolute atomic E-state index is 13.4. The Kier molecular flexibility index (Phi) is 7.17. The molecule has 9 nitrogen and oxygen atoms in total. The van der Waals surface area contributed by atoms with E-state index < -0.39 is 16.7 Å². The number of hydrogen-bond acceptors (Lipinski definition) is 7. The number of anilines is 1. The number of nitro groups is 1. The molecule has 0 aromatic heterocycles. The normalized spacial score (nSPS) is 14.4. The second-order valence-corrected chi connectivity index (χ2v) is 7.83. The SMILES string of the molecule is C=CCOc1ccc([N+](=O)[O-])cc1/C=C1\C(=O)NC(=S)N(c2ccc(Oc3ccccc3)cc2)C1=O. The third kappa shape index (κ3) is 5.29. The van der Waals surface area contributed by atoms with Gasteiger partial charge in [0, 0.05) is 17.7 Å². The fraction of sp³-hybridized carbons (Fsp3) is 0.0385. The first kappa shape index (κ1) is 24.3. The quantitative estimate of drug-likeness (QED) is 0.118. The Balaban J connectivity index is 1.66. The average molecular weight is 502 g/mol. The number of amides is 2. The Morgan fingerprint density at radius 1 is 1.03 bits per heavy atom. The van der Waals surface area contributed by atoms with E-state index >= 15 is 0 Å². The largest absolute Gasteiger partial charge is 0.489 e. The molecule has 1 aliphatic rings. The fourth-order valence-corrected chi connectivity index (χ4v) is 3.66. The summed E-state index contributed by atoms with van der Waals surface area (Å²) in [4.78, 5) is 37.9. The molecule has 3 aromatic rings. The minimum absolute atomic E-state index is 0.0962. The number of thiocarbonyl (C=S) groups is 1. The molecule has 1 saturated heterocycles. The van der Waals surface area contributed by atoms with Crippen LogP contribution < -0.4 is 19.7 Å². The van der Waals surface area contributed by atoms with Crippen LogP contribution in [0.3, 0.4) is 0 Å². The number of carbonyl (C=O) groups is 2. The summed E-state index contributed by atoms with van der Waals surface area (Å²) in [5, 5.41) is 13.7. The smallest absolute Gasteiger partial charge is 0.270 e. The number of nitrogens with zero attached hydrogens (tertiary/aromatic N) is 2. The zero-order valence-corrected chi connectivity index (χ0v) is 19.6. The van der Waals surface area contributed by atoms with E-state index in [9.17, 15) is 19.7 Å². The predicted molar refractivity (Wildman–Crippen MR) is 138 cm³/mol. The number of carbonyl (C=O) groups excluding carboxylic acids is 2. The Labute approximate surface area is 211 Å². The third-order valence-electron chi connectivity index (χ3n) is 5.04. The molecule has 1 aliphatic heterocycles. The van der Waals surface area contributed by atoms with Crippen molar-refractivity contribution in [3.05, 3.63) is 107 Å². The van der Waals surface area contributed by atoms with Gasteiger partial charge in [-0.15, -0.1) is 0 Å². The molecule has 1 fully saturated rings. The summed E-state index contributed by atoms with van der Waals surface area (Å²) in [7, 11) is 0. The summed E-state index contributed by atoms with van der Waals surface area (Å²) in [5.74, 6) is 0.0169. The molecule has 0 spiro atoms. The van der Waals surface area contributed by atoms with Gasteiger partial charge in [-0.2, -0.15) is 0 Å². The number of hydrogen-bond donors (Lipinski definition) is 1. The van der Waals surface area contributed by atoms with E-state index in [-0.39, 0.29) is 34.3 Å². The van der Waals surface area contributed by atoms with E-state index in [1.165, 1.54) is 30.4 Å². The van der Waals surface area contributed by atoms with Gasteiger partial charge in [-0.3, -0.25) is 29.9 Å². The molecule has 0 unspecified atom stereocenters. The zero-order valence-electron chi connectivity index (χ0n) is 18.7. The molecule has 0 saturated carbocycles. The molecular weight excluding hydrogens is 482 g/mol. The van der Waals surface area contributed by atoms with E-state index in [1.54, 1.807) is 24.3 Å². The number of benzene rings is 3. The van der Waals surface area contributed by atoms with Gasteiger partial charge in [0.25, 0.3) is 17.5 Å². The second-order valence-electron chi connectivity index (χ2n) is 7.45. The summed E-state index contributed by atoms with van der Waals surface area (Å²) < 4.78 is 11.3. The van der Waals surface area contributed by atoms with E-state index in [2.05, 4.69) is 11.9 Å². The topological polar surface area (TPSA) is 111 Å². The lowest BCUT2D eigenvalue weighted by Crippen LogP contribution is -2.54. The molecule has 1 heterocycles. The fourth-order valence-electron chi connectivity index (χ4n) is 3.38. The minimum atomic E-state index is -0.730. The van der Waals surface area contributed by atoms with Gasteiger partial charge in [0.2, 0.25) is 0 Å². The summed E-state index contributed by atoms with van der Waals surface area (Å²) in [6, 6.07) is 19.7. The minimum Gasteiger partial charge on any atom is -0.489 e. The molecule has 1 N–H and O–H groups in total. The standard InChI is InChI=1S/C26H19N3O6S/c1-2-14-34-23-13-10-19(29(32)33)15-17(23)16-22-24(30)27-26(36)28(25(22)31)18-8-11-21(12-9-18)35-20-6-4-3-5-7-20/h2-13,15-16H,1,14H2,(H,27,30,36)/b22-16+. The van der Waals surface area contributed by atoms with Crippen LogP contribution in [0.1, 0.15) is 5.56 Å². The van der Waals surface area contributed by atoms with Crippen LogP contribution in [0.4, 0.5) is 11.4 Å². The first-order chi connectivity index (χ1) is 17.4. The van der Waals surface area contributed by atoms with Crippen molar-refractivity contribution >= 4 is 46.6 Å². The molecule has 0 bridgehead atoms. The molecule has 3 aromatic carbocycles. The van der Waals surface area contributed by atoms with Crippen molar-refractivity contribution in [1.82, 2.24) is 5.32 Å². The molecule has 0 aliphatic carbocycles. The summed E-state index contributed by atoms with van der Waals surface area (Å²) in [6.07, 6.45) is 2.74. The Hall–Kier alpha value is -4.83. The van der Waals surface area contributed by atoms with Crippen molar-refractivity contribution in [1.29, 1.82) is 0 Å². The molecule has 36 heavy (non-hydrogen) atoms. The maximum atomic E-state index is 13.4. The van der Waals surface area contributed by atoms with Crippen LogP contribution >= 0.6 is 12.2 Å². The summed E-state index contributed by atoms with van der Waals surface area (Å²) in [5.41, 5.74) is 0.0948. The molecule has 4 rings (SSSR count). The van der Waals surface area contributed by atoms with Crippen LogP contribution in [0.15, 0.2) is 91.0 Å². The summed E-state index contributed by atoms with van der Waals surface area (Å²) >= 11 is 5.25. The highest BCUT2D eigenvalue weighted by atomic mass is 32.1. The predicted octanol–water partition coefficient (Wildman–Crippen LogP) is 4.78. The molecule has 0 radical (unpaired) electrons. The van der Waals surface area contributed by atoms with Crippen LogP contribution in [-0.4, -0.2) is 28.5 Å². The van der Waals surface area contributed by atoms with Crippen molar-refractivity contribution in [3.63, 3.8) is 0 Å².